The Bertz CT molecular complexity index is 167. The molecular formula is C16H33. The number of hydrogen-bond donors (Lipinski definition) is 0. The lowest BCUT2D eigenvalue weighted by Gasteiger charge is -2.30. The Morgan fingerprint density at radius 1 is 0.750 bits per heavy atom. The van der Waals surface area contributed by atoms with Gasteiger partial charge in [-0.25, -0.2) is 0 Å². The second kappa shape index (κ2) is 7.35. The zero-order chi connectivity index (χ0) is 12.9. The van der Waals surface area contributed by atoms with Crippen LogP contribution >= 0.6 is 0 Å². The summed E-state index contributed by atoms with van der Waals surface area (Å²) in [5.74, 6) is 4.71. The molecule has 1 radical (unpaired) electrons. The average molecular weight is 225 g/mol. The molecule has 0 aliphatic heterocycles. The van der Waals surface area contributed by atoms with Crippen molar-refractivity contribution in [1.82, 2.24) is 0 Å². The normalized spacial score (nSPS) is 18.2. The van der Waals surface area contributed by atoms with Gasteiger partial charge in [-0.2, -0.15) is 0 Å². The fourth-order valence-corrected chi connectivity index (χ4v) is 2.29. The average Bonchev–Trinajstić information content (AvgIpc) is 2.14. The molecule has 0 spiro atoms. The molecule has 3 unspecified atom stereocenters. The van der Waals surface area contributed by atoms with Gasteiger partial charge in [0, 0.05) is 0 Å². The maximum atomic E-state index is 2.62. The van der Waals surface area contributed by atoms with Crippen LogP contribution in [-0.2, 0) is 0 Å². The smallest absolute Gasteiger partial charge is 0.0321 e. The van der Waals surface area contributed by atoms with Crippen LogP contribution in [0.15, 0.2) is 0 Å². The van der Waals surface area contributed by atoms with Gasteiger partial charge in [-0.15, -0.1) is 0 Å². The van der Waals surface area contributed by atoms with Crippen LogP contribution in [0.5, 0.6) is 0 Å². The molecule has 0 saturated heterocycles. The van der Waals surface area contributed by atoms with Gasteiger partial charge in [0.15, 0.2) is 0 Å². The highest BCUT2D eigenvalue weighted by Gasteiger charge is 2.23. The molecule has 0 aromatic carbocycles. The lowest BCUT2D eigenvalue weighted by atomic mass is 9.75. The summed E-state index contributed by atoms with van der Waals surface area (Å²) in [4.78, 5) is 0. The highest BCUT2D eigenvalue weighted by atomic mass is 14.3. The van der Waals surface area contributed by atoms with Crippen molar-refractivity contribution in [3.63, 3.8) is 0 Å². The highest BCUT2D eigenvalue weighted by molar-refractivity contribution is 4.87. The van der Waals surface area contributed by atoms with Gasteiger partial charge in [0.05, 0.1) is 0 Å². The molecule has 0 aromatic rings. The zero-order valence-electron chi connectivity index (χ0n) is 12.7. The van der Waals surface area contributed by atoms with Crippen LogP contribution < -0.4 is 0 Å². The molecule has 0 saturated carbocycles. The Morgan fingerprint density at radius 2 is 1.25 bits per heavy atom. The second-order valence-electron chi connectivity index (χ2n) is 6.69. The molecule has 0 heterocycles. The summed E-state index contributed by atoms with van der Waals surface area (Å²) < 4.78 is 0. The molecular weight excluding hydrogens is 192 g/mol. The summed E-state index contributed by atoms with van der Waals surface area (Å²) in [6, 6.07) is 0. The highest BCUT2D eigenvalue weighted by Crippen LogP contribution is 2.31. The largest absolute Gasteiger partial charge is 0.0628 e. The van der Waals surface area contributed by atoms with E-state index in [0.29, 0.717) is 0 Å². The van der Waals surface area contributed by atoms with Crippen LogP contribution in [-0.4, -0.2) is 0 Å². The molecule has 0 heteroatoms. The third-order valence-electron chi connectivity index (χ3n) is 4.03. The molecule has 16 heavy (non-hydrogen) atoms. The van der Waals surface area contributed by atoms with E-state index in [-0.39, 0.29) is 0 Å². The van der Waals surface area contributed by atoms with E-state index in [9.17, 15) is 0 Å². The quantitative estimate of drug-likeness (QED) is 0.541. The molecule has 0 rings (SSSR count). The first-order valence-electron chi connectivity index (χ1n) is 7.10. The third kappa shape index (κ3) is 5.92. The summed E-state index contributed by atoms with van der Waals surface area (Å²) >= 11 is 0. The standard InChI is InChI=1S/C16H33/c1-11(2)9-16(13(5)6)10-14(7)15(8)12(3)4/h10-16H,9H2,1-8H3. The molecule has 97 valence electrons. The molecule has 0 fully saturated rings. The lowest BCUT2D eigenvalue weighted by Crippen LogP contribution is -2.22. The van der Waals surface area contributed by atoms with Gasteiger partial charge < -0.3 is 0 Å². The predicted octanol–water partition coefficient (Wildman–Crippen LogP) is 5.44. The van der Waals surface area contributed by atoms with Crippen LogP contribution in [0.4, 0.5) is 0 Å². The minimum atomic E-state index is 0.742. The van der Waals surface area contributed by atoms with Crippen molar-refractivity contribution in [3.8, 4) is 0 Å². The monoisotopic (exact) mass is 225 g/mol. The topological polar surface area (TPSA) is 0 Å². The SMILES string of the molecule is CC(C)CC([CH]C(C)C(C)C(C)C)C(C)C. The van der Waals surface area contributed by atoms with Crippen LogP contribution in [0.25, 0.3) is 0 Å². The summed E-state index contributed by atoms with van der Waals surface area (Å²) in [6.07, 6.45) is 3.96. The summed E-state index contributed by atoms with van der Waals surface area (Å²) in [6.45, 7) is 18.8. The molecule has 0 bridgehead atoms. The van der Waals surface area contributed by atoms with Gasteiger partial charge in [0.2, 0.25) is 0 Å². The van der Waals surface area contributed by atoms with Gasteiger partial charge in [-0.3, -0.25) is 0 Å². The zero-order valence-corrected chi connectivity index (χ0v) is 12.7. The van der Waals surface area contributed by atoms with E-state index in [1.54, 1.807) is 0 Å². The first-order chi connectivity index (χ1) is 7.25. The number of hydrogen-bond acceptors (Lipinski definition) is 0. The second-order valence-corrected chi connectivity index (χ2v) is 6.69. The molecule has 0 aromatic heterocycles. The van der Waals surface area contributed by atoms with Gasteiger partial charge in [0.25, 0.3) is 0 Å². The van der Waals surface area contributed by atoms with Gasteiger partial charge in [-0.05, 0) is 48.3 Å². The first-order valence-corrected chi connectivity index (χ1v) is 7.10. The van der Waals surface area contributed by atoms with Crippen LogP contribution in [0, 0.1) is 41.9 Å². The Balaban J connectivity index is 4.28. The van der Waals surface area contributed by atoms with Crippen molar-refractivity contribution in [3.05, 3.63) is 6.42 Å². The molecule has 3 atom stereocenters. The van der Waals surface area contributed by atoms with Crippen molar-refractivity contribution >= 4 is 0 Å². The van der Waals surface area contributed by atoms with Crippen molar-refractivity contribution in [2.24, 2.45) is 35.5 Å². The number of rotatable bonds is 7. The predicted molar refractivity (Wildman–Crippen MR) is 75.2 cm³/mol. The maximum absolute atomic E-state index is 2.62. The fraction of sp³-hybridized carbons (Fsp3) is 0.938. The molecule has 0 N–H and O–H groups in total. The van der Waals surface area contributed by atoms with Crippen LogP contribution in [0.1, 0.15) is 61.8 Å². The van der Waals surface area contributed by atoms with E-state index in [2.05, 4.69) is 61.8 Å². The molecule has 0 aliphatic rings. The van der Waals surface area contributed by atoms with E-state index in [0.717, 1.165) is 35.5 Å². The van der Waals surface area contributed by atoms with Crippen molar-refractivity contribution < 1.29 is 0 Å². The Labute approximate surface area is 104 Å². The van der Waals surface area contributed by atoms with Crippen molar-refractivity contribution in [1.29, 1.82) is 0 Å². The van der Waals surface area contributed by atoms with E-state index in [1.807, 2.05) is 0 Å². The van der Waals surface area contributed by atoms with E-state index < -0.39 is 0 Å². The van der Waals surface area contributed by atoms with Gasteiger partial charge in [-0.1, -0.05) is 55.4 Å². The molecule has 0 amide bonds. The van der Waals surface area contributed by atoms with Gasteiger partial charge in [0.1, 0.15) is 0 Å². The molecule has 0 nitrogen and oxygen atoms in total. The fourth-order valence-electron chi connectivity index (χ4n) is 2.29. The van der Waals surface area contributed by atoms with Crippen LogP contribution in [0.3, 0.4) is 0 Å². The Hall–Kier alpha value is 0. The van der Waals surface area contributed by atoms with E-state index in [1.165, 1.54) is 6.42 Å². The van der Waals surface area contributed by atoms with Crippen LogP contribution in [0.2, 0.25) is 0 Å². The minimum Gasteiger partial charge on any atom is -0.0628 e. The maximum Gasteiger partial charge on any atom is -0.0321 e. The third-order valence-corrected chi connectivity index (χ3v) is 4.03. The summed E-state index contributed by atoms with van der Waals surface area (Å²) in [5.41, 5.74) is 0. The Kier molecular flexibility index (Phi) is 7.35. The lowest BCUT2D eigenvalue weighted by molar-refractivity contribution is 0.267. The summed E-state index contributed by atoms with van der Waals surface area (Å²) in [5, 5.41) is 0. The first kappa shape index (κ1) is 16.0. The minimum absolute atomic E-state index is 0.742. The van der Waals surface area contributed by atoms with Gasteiger partial charge >= 0.3 is 0 Å². The molecule has 0 aliphatic carbocycles. The summed E-state index contributed by atoms with van der Waals surface area (Å²) in [7, 11) is 0. The van der Waals surface area contributed by atoms with Crippen molar-refractivity contribution in [2.75, 3.05) is 0 Å². The van der Waals surface area contributed by atoms with E-state index >= 15 is 0 Å². The Morgan fingerprint density at radius 3 is 1.56 bits per heavy atom. The van der Waals surface area contributed by atoms with Crippen molar-refractivity contribution in [2.45, 2.75) is 61.8 Å². The van der Waals surface area contributed by atoms with E-state index in [4.69, 9.17) is 0 Å².